The van der Waals surface area contributed by atoms with E-state index < -0.39 is 0 Å². The van der Waals surface area contributed by atoms with Crippen LogP contribution in [0.4, 0.5) is 5.82 Å². The van der Waals surface area contributed by atoms with Crippen molar-refractivity contribution in [2.75, 3.05) is 11.6 Å². The van der Waals surface area contributed by atoms with Crippen LogP contribution in [-0.2, 0) is 0 Å². The summed E-state index contributed by atoms with van der Waals surface area (Å²) in [4.78, 5) is 2.69. The molecule has 0 amide bonds. The number of aromatic hydroxyl groups is 1. The zero-order valence-corrected chi connectivity index (χ0v) is 5.70. The predicted molar refractivity (Wildman–Crippen MR) is 42.5 cm³/mol. The minimum absolute atomic E-state index is 0.0919. The van der Waals surface area contributed by atoms with Gasteiger partial charge in [0.05, 0.1) is 11.0 Å². The van der Waals surface area contributed by atoms with Crippen molar-refractivity contribution in [3.8, 4) is 5.88 Å². The molecule has 58 valence electrons. The number of rotatable bonds is 0. The number of nitrogen functional groups attached to an aromatic ring is 2. The number of nitrogens with two attached hydrogens (primary N) is 2. The molecule has 0 saturated heterocycles. The number of fused-ring (bicyclic) bond motifs is 1. The molecule has 0 aliphatic heterocycles. The second-order valence-corrected chi connectivity index (χ2v) is 2.39. The quantitative estimate of drug-likeness (QED) is 0.399. The summed E-state index contributed by atoms with van der Waals surface area (Å²) in [6, 6.07) is 3.18. The number of aromatic nitrogens is 2. The molecule has 0 saturated carbocycles. The molecule has 0 atom stereocenters. The number of H-pyrrole nitrogens is 1. The average molecular weight is 152 g/mol. The van der Waals surface area contributed by atoms with Gasteiger partial charge in [0, 0.05) is 12.1 Å². The summed E-state index contributed by atoms with van der Waals surface area (Å²) in [5, 5.41) is 9.00. The number of hydrogen-bond donors (Lipinski definition) is 4. The van der Waals surface area contributed by atoms with E-state index >= 15 is 0 Å². The van der Waals surface area contributed by atoms with Crippen molar-refractivity contribution in [1.29, 1.82) is 0 Å². The Morgan fingerprint density at radius 1 is 1.45 bits per heavy atom. The zero-order valence-electron chi connectivity index (χ0n) is 5.70. The lowest BCUT2D eigenvalue weighted by Crippen LogP contribution is -2.10. The molecular weight excluding hydrogens is 144 g/mol. The molecule has 0 radical (unpaired) electrons. The largest absolute Gasteiger partial charge is 0.495 e. The number of anilines is 1. The highest BCUT2D eigenvalue weighted by Gasteiger charge is 2.05. The normalized spacial score (nSPS) is 10.9. The van der Waals surface area contributed by atoms with Gasteiger partial charge < -0.3 is 21.7 Å². The summed E-state index contributed by atoms with van der Waals surface area (Å²) < 4.78 is 1.31. The Morgan fingerprint density at radius 2 is 2.18 bits per heavy atom. The molecule has 2 aromatic heterocycles. The van der Waals surface area contributed by atoms with Gasteiger partial charge >= 0.3 is 0 Å². The molecule has 6 N–H and O–H groups in total. The Kier molecular flexibility index (Phi) is 0.883. The molecule has 5 heteroatoms. The molecule has 11 heavy (non-hydrogen) atoms. The third-order valence-corrected chi connectivity index (χ3v) is 1.64. The highest BCUT2D eigenvalue weighted by molar-refractivity contribution is 5.83. The topological polar surface area (TPSA) is 93.0 Å². The van der Waals surface area contributed by atoms with Crippen LogP contribution in [-0.4, -0.2) is 14.8 Å². The lowest BCUT2D eigenvalue weighted by Gasteiger charge is -1.94. The van der Waals surface area contributed by atoms with Gasteiger partial charge in [-0.2, -0.15) is 0 Å². The number of hydrogen-bond acceptors (Lipinski definition) is 3. The first-order chi connectivity index (χ1) is 5.18. The molecule has 0 fully saturated rings. The fourth-order valence-electron chi connectivity index (χ4n) is 1.11. The van der Waals surface area contributed by atoms with Crippen LogP contribution in [0.2, 0.25) is 0 Å². The van der Waals surface area contributed by atoms with Crippen molar-refractivity contribution in [3.05, 3.63) is 12.1 Å². The monoisotopic (exact) mass is 152 g/mol. The Bertz CT molecular complexity index is 400. The molecule has 5 nitrogen and oxygen atoms in total. The molecule has 2 aromatic rings. The van der Waals surface area contributed by atoms with Crippen molar-refractivity contribution < 1.29 is 5.11 Å². The van der Waals surface area contributed by atoms with Crippen LogP contribution >= 0.6 is 0 Å². The fourth-order valence-corrected chi connectivity index (χ4v) is 1.11. The maximum Gasteiger partial charge on any atom is 0.190 e. The van der Waals surface area contributed by atoms with Crippen molar-refractivity contribution in [3.63, 3.8) is 0 Å². The third kappa shape index (κ3) is 0.644. The Morgan fingerprint density at radius 3 is 2.82 bits per heavy atom. The van der Waals surface area contributed by atoms with Crippen molar-refractivity contribution in [1.82, 2.24) is 9.66 Å². The summed E-state index contributed by atoms with van der Waals surface area (Å²) in [5.74, 6) is 6.07. The van der Waals surface area contributed by atoms with E-state index in [9.17, 15) is 0 Å². The van der Waals surface area contributed by atoms with Gasteiger partial charge in [-0.1, -0.05) is 0 Å². The van der Waals surface area contributed by atoms with Crippen molar-refractivity contribution >= 4 is 16.9 Å². The van der Waals surface area contributed by atoms with Crippen LogP contribution in [0, 0.1) is 0 Å². The van der Waals surface area contributed by atoms with Gasteiger partial charge in [-0.3, -0.25) is 0 Å². The van der Waals surface area contributed by atoms with Crippen LogP contribution in [0.5, 0.6) is 5.88 Å². The van der Waals surface area contributed by atoms with Crippen LogP contribution in [0.15, 0.2) is 12.1 Å². The summed E-state index contributed by atoms with van der Waals surface area (Å²) in [7, 11) is 0. The minimum Gasteiger partial charge on any atom is -0.495 e. The van der Waals surface area contributed by atoms with Crippen LogP contribution in [0.3, 0.4) is 0 Å². The van der Waals surface area contributed by atoms with E-state index in [-0.39, 0.29) is 5.88 Å². The van der Waals surface area contributed by atoms with E-state index in [0.29, 0.717) is 11.3 Å². The van der Waals surface area contributed by atoms with E-state index in [1.165, 1.54) is 10.7 Å². The van der Waals surface area contributed by atoms with Crippen LogP contribution in [0.25, 0.3) is 11.0 Å². The van der Waals surface area contributed by atoms with Crippen LogP contribution < -0.4 is 11.6 Å². The first-order valence-corrected chi connectivity index (χ1v) is 3.12. The van der Waals surface area contributed by atoms with Crippen molar-refractivity contribution in [2.45, 2.75) is 0 Å². The van der Waals surface area contributed by atoms with Gasteiger partial charge in [-0.15, -0.1) is 0 Å². The van der Waals surface area contributed by atoms with Gasteiger partial charge in [-0.05, 0) is 0 Å². The molecule has 0 aliphatic rings. The average Bonchev–Trinajstić information content (AvgIpc) is 2.37. The Labute approximate surface area is 62.2 Å². The molecule has 0 aromatic carbocycles. The standard InChI is InChI=1S/C6H8N4O/c7-5-1-3-4(10(5)8)2-6(11)9-3/h1-2,9,11H,7-8H2. The van der Waals surface area contributed by atoms with Gasteiger partial charge in [-0.25, -0.2) is 4.68 Å². The number of aromatic amines is 1. The first-order valence-electron chi connectivity index (χ1n) is 3.12. The van der Waals surface area contributed by atoms with Gasteiger partial charge in [0.25, 0.3) is 0 Å². The Balaban J connectivity index is 2.88. The molecule has 2 rings (SSSR count). The SMILES string of the molecule is Nc1cc2[nH]c(O)cc2n1N. The summed E-state index contributed by atoms with van der Waals surface area (Å²) in [6.45, 7) is 0. The van der Waals surface area contributed by atoms with E-state index in [2.05, 4.69) is 4.98 Å². The fraction of sp³-hybridized carbons (Fsp3) is 0. The van der Waals surface area contributed by atoms with E-state index in [0.717, 1.165) is 5.52 Å². The second kappa shape index (κ2) is 1.63. The minimum atomic E-state index is 0.0919. The summed E-state index contributed by atoms with van der Waals surface area (Å²) in [6.07, 6.45) is 0. The maximum atomic E-state index is 9.00. The highest BCUT2D eigenvalue weighted by Crippen LogP contribution is 2.22. The van der Waals surface area contributed by atoms with Gasteiger partial charge in [0.15, 0.2) is 5.88 Å². The van der Waals surface area contributed by atoms with Gasteiger partial charge in [0.2, 0.25) is 0 Å². The highest BCUT2D eigenvalue weighted by atomic mass is 16.3. The van der Waals surface area contributed by atoms with E-state index in [1.807, 2.05) is 0 Å². The smallest absolute Gasteiger partial charge is 0.190 e. The van der Waals surface area contributed by atoms with Crippen LogP contribution in [0.1, 0.15) is 0 Å². The molecular formula is C6H8N4O. The van der Waals surface area contributed by atoms with E-state index in [4.69, 9.17) is 16.7 Å². The van der Waals surface area contributed by atoms with Gasteiger partial charge in [0.1, 0.15) is 5.82 Å². The zero-order chi connectivity index (χ0) is 8.01. The molecule has 2 heterocycles. The lowest BCUT2D eigenvalue weighted by atomic mass is 10.5. The first kappa shape index (κ1) is 5.96. The number of nitrogens with one attached hydrogen (secondary N) is 1. The number of nitrogens with zero attached hydrogens (tertiary/aromatic N) is 1. The summed E-state index contributed by atoms with van der Waals surface area (Å²) >= 11 is 0. The lowest BCUT2D eigenvalue weighted by molar-refractivity contribution is 0.458. The van der Waals surface area contributed by atoms with E-state index in [1.54, 1.807) is 6.07 Å². The maximum absolute atomic E-state index is 9.00. The predicted octanol–water partition coefficient (Wildman–Crippen LogP) is -0.0290. The molecule has 0 aliphatic carbocycles. The third-order valence-electron chi connectivity index (χ3n) is 1.64. The molecule has 0 spiro atoms. The Hall–Kier alpha value is -1.78. The van der Waals surface area contributed by atoms with Crippen molar-refractivity contribution in [2.24, 2.45) is 0 Å². The second-order valence-electron chi connectivity index (χ2n) is 2.39. The molecule has 0 unspecified atom stereocenters. The molecule has 0 bridgehead atoms. The summed E-state index contributed by atoms with van der Waals surface area (Å²) in [5.41, 5.74) is 6.92.